The normalized spacial score (nSPS) is 16.0. The van der Waals surface area contributed by atoms with Crippen molar-refractivity contribution in [3.8, 4) is 0 Å². The average molecular weight is 287 g/mol. The second-order valence-electron chi connectivity index (χ2n) is 5.77. The molecule has 1 aliphatic rings. The number of carbonyl (C=O) groups excluding carboxylic acids is 1. The summed E-state index contributed by atoms with van der Waals surface area (Å²) >= 11 is 0. The molecule has 5 N–H and O–H groups in total. The molecule has 3 rings (SSSR count). The number of benzene rings is 1. The minimum atomic E-state index is -0.290. The number of aromatic amines is 1. The van der Waals surface area contributed by atoms with Crippen molar-refractivity contribution in [2.24, 2.45) is 5.73 Å². The van der Waals surface area contributed by atoms with E-state index in [4.69, 9.17) is 11.5 Å². The van der Waals surface area contributed by atoms with Crippen molar-refractivity contribution >= 4 is 22.6 Å². The Morgan fingerprint density at radius 3 is 2.86 bits per heavy atom. The van der Waals surface area contributed by atoms with Gasteiger partial charge in [0.15, 0.2) is 0 Å². The van der Waals surface area contributed by atoms with Crippen molar-refractivity contribution in [1.82, 2.24) is 14.9 Å². The molecule has 0 atom stereocenters. The Morgan fingerprint density at radius 1 is 1.38 bits per heavy atom. The Kier molecular flexibility index (Phi) is 3.79. The fraction of sp³-hybridized carbons (Fsp3) is 0.467. The molecule has 21 heavy (non-hydrogen) atoms. The highest BCUT2D eigenvalue weighted by Gasteiger charge is 2.24. The summed E-state index contributed by atoms with van der Waals surface area (Å²) in [5.41, 5.74) is 13.7. The van der Waals surface area contributed by atoms with Gasteiger partial charge in [0.25, 0.3) is 0 Å². The molecule has 2 aromatic rings. The topological polar surface area (TPSA) is 101 Å². The molecule has 1 aliphatic carbocycles. The molecule has 6 heteroatoms. The first-order valence-electron chi connectivity index (χ1n) is 7.38. The molecule has 1 heterocycles. The fourth-order valence-corrected chi connectivity index (χ4v) is 3.13. The Balaban J connectivity index is 1.80. The highest BCUT2D eigenvalue weighted by atomic mass is 16.1. The molecular formula is C15H21N5O. The number of nitrogens with two attached hydrogens (primary N) is 2. The van der Waals surface area contributed by atoms with Gasteiger partial charge >= 0.3 is 0 Å². The maximum atomic E-state index is 11.3. The Labute approximate surface area is 123 Å². The van der Waals surface area contributed by atoms with E-state index >= 15 is 0 Å². The lowest BCUT2D eigenvalue weighted by molar-refractivity contribution is -0.119. The molecule has 1 amide bonds. The predicted octanol–water partition coefficient (Wildman–Crippen LogP) is 1.37. The quantitative estimate of drug-likeness (QED) is 0.723. The molecule has 1 aromatic carbocycles. The molecule has 112 valence electrons. The molecule has 0 radical (unpaired) electrons. The van der Waals surface area contributed by atoms with Crippen LogP contribution in [0.4, 0.5) is 5.69 Å². The van der Waals surface area contributed by atoms with Crippen molar-refractivity contribution in [3.05, 3.63) is 24.0 Å². The summed E-state index contributed by atoms with van der Waals surface area (Å²) in [5.74, 6) is 0.561. The van der Waals surface area contributed by atoms with Gasteiger partial charge in [-0.05, 0) is 31.0 Å². The van der Waals surface area contributed by atoms with Crippen LogP contribution in [0.5, 0.6) is 0 Å². The maximum absolute atomic E-state index is 11.3. The number of carbonyl (C=O) groups is 1. The van der Waals surface area contributed by atoms with E-state index in [1.165, 1.54) is 12.8 Å². The van der Waals surface area contributed by atoms with Crippen LogP contribution in [-0.2, 0) is 11.3 Å². The second kappa shape index (κ2) is 5.73. The van der Waals surface area contributed by atoms with Gasteiger partial charge in [-0.3, -0.25) is 9.69 Å². The van der Waals surface area contributed by atoms with Gasteiger partial charge in [-0.15, -0.1) is 0 Å². The molecular weight excluding hydrogens is 266 g/mol. The lowest BCUT2D eigenvalue weighted by Gasteiger charge is -2.26. The summed E-state index contributed by atoms with van der Waals surface area (Å²) in [6.07, 6.45) is 4.69. The number of rotatable bonds is 5. The van der Waals surface area contributed by atoms with Crippen molar-refractivity contribution in [3.63, 3.8) is 0 Å². The third-order valence-corrected chi connectivity index (χ3v) is 4.11. The molecule has 0 aliphatic heterocycles. The largest absolute Gasteiger partial charge is 0.399 e. The summed E-state index contributed by atoms with van der Waals surface area (Å²) < 4.78 is 0. The van der Waals surface area contributed by atoms with Crippen LogP contribution in [0.1, 0.15) is 31.5 Å². The van der Waals surface area contributed by atoms with Crippen LogP contribution in [0, 0.1) is 0 Å². The number of primary amides is 1. The van der Waals surface area contributed by atoms with Crippen LogP contribution in [0.3, 0.4) is 0 Å². The van der Waals surface area contributed by atoms with Crippen molar-refractivity contribution in [1.29, 1.82) is 0 Å². The van der Waals surface area contributed by atoms with E-state index in [-0.39, 0.29) is 12.5 Å². The minimum Gasteiger partial charge on any atom is -0.399 e. The van der Waals surface area contributed by atoms with Gasteiger partial charge in [-0.2, -0.15) is 0 Å². The minimum absolute atomic E-state index is 0.282. The Hall–Kier alpha value is -2.08. The van der Waals surface area contributed by atoms with E-state index in [0.717, 1.165) is 29.7 Å². The van der Waals surface area contributed by atoms with Crippen LogP contribution >= 0.6 is 0 Å². The zero-order chi connectivity index (χ0) is 14.8. The third kappa shape index (κ3) is 3.16. The van der Waals surface area contributed by atoms with Gasteiger partial charge in [0.05, 0.1) is 24.1 Å². The zero-order valence-electron chi connectivity index (χ0n) is 12.0. The van der Waals surface area contributed by atoms with Crippen molar-refractivity contribution in [2.75, 3.05) is 12.3 Å². The molecule has 0 unspecified atom stereocenters. The first-order valence-corrected chi connectivity index (χ1v) is 7.38. The van der Waals surface area contributed by atoms with E-state index in [9.17, 15) is 4.79 Å². The molecule has 6 nitrogen and oxygen atoms in total. The smallest absolute Gasteiger partial charge is 0.231 e. The summed E-state index contributed by atoms with van der Waals surface area (Å²) in [7, 11) is 0. The van der Waals surface area contributed by atoms with Gasteiger partial charge in [0.1, 0.15) is 5.82 Å². The van der Waals surface area contributed by atoms with Gasteiger partial charge in [0, 0.05) is 11.7 Å². The molecule has 0 bridgehead atoms. The predicted molar refractivity (Wildman–Crippen MR) is 82.4 cm³/mol. The zero-order valence-corrected chi connectivity index (χ0v) is 12.0. The molecule has 1 aromatic heterocycles. The van der Waals surface area contributed by atoms with E-state index in [1.807, 2.05) is 18.2 Å². The second-order valence-corrected chi connectivity index (χ2v) is 5.77. The van der Waals surface area contributed by atoms with Crippen molar-refractivity contribution in [2.45, 2.75) is 38.3 Å². The van der Waals surface area contributed by atoms with Crippen LogP contribution in [0.25, 0.3) is 11.0 Å². The summed E-state index contributed by atoms with van der Waals surface area (Å²) in [4.78, 5) is 21.3. The van der Waals surface area contributed by atoms with E-state index in [1.54, 1.807) is 0 Å². The van der Waals surface area contributed by atoms with E-state index in [0.29, 0.717) is 18.3 Å². The molecule has 1 fully saturated rings. The summed E-state index contributed by atoms with van der Waals surface area (Å²) in [5, 5.41) is 0. The first-order chi connectivity index (χ1) is 10.1. The van der Waals surface area contributed by atoms with E-state index in [2.05, 4.69) is 14.9 Å². The molecule has 0 saturated heterocycles. The number of hydrogen-bond acceptors (Lipinski definition) is 4. The highest BCUT2D eigenvalue weighted by Crippen LogP contribution is 2.25. The van der Waals surface area contributed by atoms with Gasteiger partial charge < -0.3 is 16.5 Å². The third-order valence-electron chi connectivity index (χ3n) is 4.11. The number of nitrogens with one attached hydrogen (secondary N) is 1. The van der Waals surface area contributed by atoms with Gasteiger partial charge in [-0.25, -0.2) is 4.98 Å². The standard InChI is InChI=1S/C15H21N5O/c16-10-5-6-12-13(7-10)19-15(18-12)9-20(8-14(17)21)11-3-1-2-4-11/h5-7,11H,1-4,8-9,16H2,(H2,17,21)(H,18,19). The molecule has 0 spiro atoms. The van der Waals surface area contributed by atoms with Crippen LogP contribution in [-0.4, -0.2) is 33.4 Å². The number of hydrogen-bond donors (Lipinski definition) is 3. The highest BCUT2D eigenvalue weighted by molar-refractivity contribution is 5.78. The first kappa shape index (κ1) is 13.9. The lowest BCUT2D eigenvalue weighted by Crippen LogP contribution is -2.39. The number of fused-ring (bicyclic) bond motifs is 1. The van der Waals surface area contributed by atoms with Crippen LogP contribution in [0.15, 0.2) is 18.2 Å². The van der Waals surface area contributed by atoms with Crippen molar-refractivity contribution < 1.29 is 4.79 Å². The fourth-order valence-electron chi connectivity index (χ4n) is 3.13. The SMILES string of the molecule is NC(=O)CN(Cc1nc2ccc(N)cc2[nH]1)C1CCCC1. The Bertz CT molecular complexity index is 645. The number of nitrogen functional groups attached to an aromatic ring is 1. The lowest BCUT2D eigenvalue weighted by atomic mass is 10.2. The monoisotopic (exact) mass is 287 g/mol. The average Bonchev–Trinajstić information content (AvgIpc) is 3.05. The van der Waals surface area contributed by atoms with Crippen LogP contribution in [0.2, 0.25) is 0 Å². The number of H-pyrrole nitrogens is 1. The summed E-state index contributed by atoms with van der Waals surface area (Å²) in [6, 6.07) is 6.04. The maximum Gasteiger partial charge on any atom is 0.231 e. The number of aromatic nitrogens is 2. The van der Waals surface area contributed by atoms with Gasteiger partial charge in [-0.1, -0.05) is 12.8 Å². The Morgan fingerprint density at radius 2 is 2.14 bits per heavy atom. The number of anilines is 1. The number of imidazole rings is 1. The van der Waals surface area contributed by atoms with E-state index < -0.39 is 0 Å². The molecule has 1 saturated carbocycles. The summed E-state index contributed by atoms with van der Waals surface area (Å²) in [6.45, 7) is 0.895. The number of amides is 1. The van der Waals surface area contributed by atoms with Crippen LogP contribution < -0.4 is 11.5 Å². The number of nitrogens with zero attached hydrogens (tertiary/aromatic N) is 2. The van der Waals surface area contributed by atoms with Gasteiger partial charge in [0.2, 0.25) is 5.91 Å².